The Labute approximate surface area is 205 Å². The van der Waals surface area contributed by atoms with Crippen LogP contribution in [0.4, 0.5) is 0 Å². The average Bonchev–Trinajstić information content (AvgIpc) is 3.33. The summed E-state index contributed by atoms with van der Waals surface area (Å²) < 4.78 is 16.6. The van der Waals surface area contributed by atoms with Gasteiger partial charge in [-0.15, -0.1) is 0 Å². The van der Waals surface area contributed by atoms with E-state index in [1.165, 1.54) is 0 Å². The highest BCUT2D eigenvalue weighted by Crippen LogP contribution is 2.44. The summed E-state index contributed by atoms with van der Waals surface area (Å²) in [5, 5.41) is 0.575. The minimum Gasteiger partial charge on any atom is -0.493 e. The van der Waals surface area contributed by atoms with Crippen molar-refractivity contribution in [2.45, 2.75) is 25.2 Å². The number of piperidine rings is 1. The van der Waals surface area contributed by atoms with Gasteiger partial charge in [-0.25, -0.2) is 0 Å². The number of benzene rings is 2. The van der Waals surface area contributed by atoms with E-state index in [9.17, 15) is 9.59 Å². The van der Waals surface area contributed by atoms with Gasteiger partial charge in [0.2, 0.25) is 11.7 Å². The highest BCUT2D eigenvalue weighted by Gasteiger charge is 2.43. The number of amides is 2. The van der Waals surface area contributed by atoms with Crippen LogP contribution in [-0.2, 0) is 4.79 Å². The number of methoxy groups -OCH3 is 3. The molecule has 2 aromatic carbocycles. The van der Waals surface area contributed by atoms with Gasteiger partial charge in [-0.05, 0) is 61.2 Å². The van der Waals surface area contributed by atoms with Crippen LogP contribution in [0.3, 0.4) is 0 Å². The second kappa shape index (κ2) is 10.6. The molecule has 0 unspecified atom stereocenters. The van der Waals surface area contributed by atoms with Crippen molar-refractivity contribution < 1.29 is 23.8 Å². The summed E-state index contributed by atoms with van der Waals surface area (Å²) in [5.74, 6) is 1.01. The molecule has 2 aliphatic heterocycles. The zero-order valence-electron chi connectivity index (χ0n) is 19.9. The topological polar surface area (TPSA) is 68.3 Å². The monoisotopic (exact) mass is 486 g/mol. The SMILES string of the molecule is COc1cc([C@H]2CN(C(=O)c3ccc(Cl)cc3)C[C@H]2C(=O)N2CCCCC2)cc(OC)c1OC. The van der Waals surface area contributed by atoms with Crippen LogP contribution < -0.4 is 14.2 Å². The molecule has 2 amide bonds. The highest BCUT2D eigenvalue weighted by molar-refractivity contribution is 6.30. The first-order chi connectivity index (χ1) is 16.5. The Morgan fingerprint density at radius 2 is 1.47 bits per heavy atom. The minimum atomic E-state index is -0.350. The Hall–Kier alpha value is -2.93. The first-order valence-electron chi connectivity index (χ1n) is 11.6. The van der Waals surface area contributed by atoms with Gasteiger partial charge in [-0.2, -0.15) is 0 Å². The molecule has 2 saturated heterocycles. The van der Waals surface area contributed by atoms with E-state index in [0.29, 0.717) is 40.9 Å². The number of nitrogens with zero attached hydrogens (tertiary/aromatic N) is 2. The van der Waals surface area contributed by atoms with Crippen molar-refractivity contribution in [2.24, 2.45) is 5.92 Å². The molecule has 4 rings (SSSR count). The molecular weight excluding hydrogens is 456 g/mol. The van der Waals surface area contributed by atoms with Crippen LogP contribution in [0.25, 0.3) is 0 Å². The summed E-state index contributed by atoms with van der Waals surface area (Å²) in [4.78, 5) is 30.7. The van der Waals surface area contributed by atoms with Crippen LogP contribution in [0.5, 0.6) is 17.2 Å². The predicted molar refractivity (Wildman–Crippen MR) is 130 cm³/mol. The lowest BCUT2D eigenvalue weighted by Crippen LogP contribution is -2.42. The Kier molecular flexibility index (Phi) is 7.51. The van der Waals surface area contributed by atoms with Gasteiger partial charge in [0.1, 0.15) is 0 Å². The second-order valence-corrected chi connectivity index (χ2v) is 9.21. The third-order valence-corrected chi connectivity index (χ3v) is 7.05. The minimum absolute atomic E-state index is 0.102. The Bertz CT molecular complexity index is 1010. The Balaban J connectivity index is 1.69. The van der Waals surface area contributed by atoms with Crippen molar-refractivity contribution >= 4 is 23.4 Å². The van der Waals surface area contributed by atoms with Crippen LogP contribution in [0.1, 0.15) is 41.1 Å². The van der Waals surface area contributed by atoms with Gasteiger partial charge in [-0.3, -0.25) is 9.59 Å². The second-order valence-electron chi connectivity index (χ2n) is 8.77. The first-order valence-corrected chi connectivity index (χ1v) is 12.0. The summed E-state index contributed by atoms with van der Waals surface area (Å²) in [5.41, 5.74) is 1.44. The average molecular weight is 487 g/mol. The van der Waals surface area contributed by atoms with Crippen LogP contribution in [0, 0.1) is 5.92 Å². The predicted octanol–water partition coefficient (Wildman–Crippen LogP) is 4.23. The van der Waals surface area contributed by atoms with Crippen molar-refractivity contribution in [2.75, 3.05) is 47.5 Å². The van der Waals surface area contributed by atoms with Gasteiger partial charge in [-0.1, -0.05) is 11.6 Å². The molecule has 2 atom stereocenters. The summed E-state index contributed by atoms with van der Waals surface area (Å²) in [6.45, 7) is 2.31. The zero-order chi connectivity index (χ0) is 24.2. The maximum atomic E-state index is 13.6. The molecule has 182 valence electrons. The van der Waals surface area contributed by atoms with E-state index in [-0.39, 0.29) is 23.7 Å². The Morgan fingerprint density at radius 3 is 2.03 bits per heavy atom. The van der Waals surface area contributed by atoms with Crippen molar-refractivity contribution in [3.05, 3.63) is 52.5 Å². The van der Waals surface area contributed by atoms with Crippen molar-refractivity contribution in [3.63, 3.8) is 0 Å². The maximum Gasteiger partial charge on any atom is 0.253 e. The molecular formula is C26H31ClN2O5. The van der Waals surface area contributed by atoms with E-state index in [1.807, 2.05) is 17.0 Å². The quantitative estimate of drug-likeness (QED) is 0.611. The van der Waals surface area contributed by atoms with E-state index in [1.54, 1.807) is 50.5 Å². The molecule has 0 bridgehead atoms. The Morgan fingerprint density at radius 1 is 0.853 bits per heavy atom. The normalized spacial score (nSPS) is 20.2. The fraction of sp³-hybridized carbons (Fsp3) is 0.462. The molecule has 2 aromatic rings. The summed E-state index contributed by atoms with van der Waals surface area (Å²) in [7, 11) is 4.70. The third-order valence-electron chi connectivity index (χ3n) is 6.80. The van der Waals surface area contributed by atoms with Gasteiger partial charge in [0.15, 0.2) is 11.5 Å². The van der Waals surface area contributed by atoms with Crippen LogP contribution in [0.15, 0.2) is 36.4 Å². The number of hydrogen-bond acceptors (Lipinski definition) is 5. The van der Waals surface area contributed by atoms with Gasteiger partial charge in [0.05, 0.1) is 27.2 Å². The van der Waals surface area contributed by atoms with Gasteiger partial charge in [0.25, 0.3) is 5.91 Å². The van der Waals surface area contributed by atoms with Crippen LogP contribution in [0.2, 0.25) is 5.02 Å². The number of halogens is 1. The van der Waals surface area contributed by atoms with Crippen molar-refractivity contribution in [1.29, 1.82) is 0 Å². The van der Waals surface area contributed by atoms with E-state index in [0.717, 1.165) is 37.9 Å². The molecule has 0 N–H and O–H groups in total. The molecule has 0 aliphatic carbocycles. The standard InChI is InChI=1S/C26H31ClN2O5/c1-32-22-13-18(14-23(33-2)24(22)34-3)20-15-29(25(30)17-7-9-19(27)10-8-17)16-21(20)26(31)28-11-5-4-6-12-28/h7-10,13-14,20-21H,4-6,11-12,15-16H2,1-3H3/t20-,21-/m1/s1. The number of rotatable bonds is 6. The molecule has 0 radical (unpaired) electrons. The van der Waals surface area contributed by atoms with Crippen LogP contribution >= 0.6 is 11.6 Å². The molecule has 0 saturated carbocycles. The van der Waals surface area contributed by atoms with Gasteiger partial charge < -0.3 is 24.0 Å². The van der Waals surface area contributed by atoms with E-state index in [4.69, 9.17) is 25.8 Å². The van der Waals surface area contributed by atoms with E-state index < -0.39 is 0 Å². The molecule has 8 heteroatoms. The zero-order valence-corrected chi connectivity index (χ0v) is 20.6. The van der Waals surface area contributed by atoms with Gasteiger partial charge >= 0.3 is 0 Å². The molecule has 34 heavy (non-hydrogen) atoms. The fourth-order valence-corrected chi connectivity index (χ4v) is 5.12. The molecule has 0 spiro atoms. The smallest absolute Gasteiger partial charge is 0.253 e. The lowest BCUT2D eigenvalue weighted by atomic mass is 9.87. The number of carbonyl (C=O) groups excluding carboxylic acids is 2. The van der Waals surface area contributed by atoms with Gasteiger partial charge in [0, 0.05) is 42.7 Å². The highest BCUT2D eigenvalue weighted by atomic mass is 35.5. The molecule has 2 heterocycles. The maximum absolute atomic E-state index is 13.6. The van der Waals surface area contributed by atoms with E-state index >= 15 is 0 Å². The van der Waals surface area contributed by atoms with Crippen LogP contribution in [-0.4, -0.2) is 69.1 Å². The molecule has 2 fully saturated rings. The lowest BCUT2D eigenvalue weighted by molar-refractivity contribution is -0.136. The third kappa shape index (κ3) is 4.80. The molecule has 0 aromatic heterocycles. The summed E-state index contributed by atoms with van der Waals surface area (Å²) >= 11 is 6.00. The molecule has 7 nitrogen and oxygen atoms in total. The number of hydrogen-bond donors (Lipinski definition) is 0. The first kappa shape index (κ1) is 24.2. The summed E-state index contributed by atoms with van der Waals surface area (Å²) in [6, 6.07) is 10.6. The van der Waals surface area contributed by atoms with Crippen molar-refractivity contribution in [3.8, 4) is 17.2 Å². The number of ether oxygens (including phenoxy) is 3. The lowest BCUT2D eigenvalue weighted by Gasteiger charge is -2.31. The number of carbonyl (C=O) groups is 2. The fourth-order valence-electron chi connectivity index (χ4n) is 5.00. The molecule has 2 aliphatic rings. The van der Waals surface area contributed by atoms with E-state index in [2.05, 4.69) is 0 Å². The largest absolute Gasteiger partial charge is 0.493 e. The van der Waals surface area contributed by atoms with Crippen molar-refractivity contribution in [1.82, 2.24) is 9.80 Å². The number of likely N-dealkylation sites (tertiary alicyclic amines) is 2. The summed E-state index contributed by atoms with van der Waals surface area (Å²) in [6.07, 6.45) is 3.17.